The van der Waals surface area contributed by atoms with Crippen LogP contribution in [-0.4, -0.2) is 11.2 Å². The number of dihydropyridines is 1. The third-order valence-corrected chi connectivity index (χ3v) is 2.39. The number of pyridine rings is 1. The van der Waals surface area contributed by atoms with E-state index < -0.39 is 0 Å². The molecule has 72 valence electrons. The molecule has 1 aromatic heterocycles. The predicted octanol–water partition coefficient (Wildman–Crippen LogP) is 0.0555. The lowest BCUT2D eigenvalue weighted by molar-refractivity contribution is 1.12. The molecule has 2 aliphatic rings. The SMILES string of the molecule is C1=CNC2=c3cccnc3=CC=NC2=C1. The van der Waals surface area contributed by atoms with Crippen LogP contribution in [0.3, 0.4) is 0 Å². The van der Waals surface area contributed by atoms with Gasteiger partial charge in [0.05, 0.1) is 16.7 Å². The smallest absolute Gasteiger partial charge is 0.0871 e. The zero-order chi connectivity index (χ0) is 10.1. The van der Waals surface area contributed by atoms with E-state index >= 15 is 0 Å². The minimum Gasteiger partial charge on any atom is -0.359 e. The number of fused-ring (bicyclic) bond motifs is 2. The van der Waals surface area contributed by atoms with Crippen molar-refractivity contribution in [2.24, 2.45) is 4.99 Å². The largest absolute Gasteiger partial charge is 0.359 e. The Balaban J connectivity index is 2.45. The summed E-state index contributed by atoms with van der Waals surface area (Å²) in [6.45, 7) is 0. The van der Waals surface area contributed by atoms with Gasteiger partial charge in [0, 0.05) is 23.8 Å². The normalized spacial score (nSPS) is 16.8. The van der Waals surface area contributed by atoms with Crippen LogP contribution in [0.5, 0.6) is 0 Å². The van der Waals surface area contributed by atoms with Crippen molar-refractivity contribution >= 4 is 18.0 Å². The van der Waals surface area contributed by atoms with E-state index in [-0.39, 0.29) is 0 Å². The van der Waals surface area contributed by atoms with Crippen molar-refractivity contribution < 1.29 is 0 Å². The predicted molar refractivity (Wildman–Crippen MR) is 60.2 cm³/mol. The first kappa shape index (κ1) is 8.17. The average Bonchev–Trinajstić information content (AvgIpc) is 2.48. The second kappa shape index (κ2) is 3.20. The fraction of sp³-hybridized carbons (Fsp3) is 0. The minimum absolute atomic E-state index is 0.945. The number of hydrogen-bond donors (Lipinski definition) is 1. The first-order chi connectivity index (χ1) is 7.45. The number of nitrogens with zero attached hydrogens (tertiary/aromatic N) is 2. The van der Waals surface area contributed by atoms with Gasteiger partial charge in [-0.1, -0.05) is 0 Å². The number of aliphatic imine (C=N–C) groups is 1. The molecular formula is C12H9N3. The Morgan fingerprint density at radius 2 is 2.20 bits per heavy atom. The summed E-state index contributed by atoms with van der Waals surface area (Å²) in [6, 6.07) is 3.98. The van der Waals surface area contributed by atoms with Crippen LogP contribution in [0.15, 0.2) is 47.4 Å². The second-order valence-corrected chi connectivity index (χ2v) is 3.31. The molecule has 3 rings (SSSR count). The Kier molecular flexibility index (Phi) is 1.75. The van der Waals surface area contributed by atoms with Crippen LogP contribution in [0.1, 0.15) is 0 Å². The molecule has 2 aliphatic heterocycles. The van der Waals surface area contributed by atoms with E-state index in [1.165, 1.54) is 0 Å². The molecular weight excluding hydrogens is 186 g/mol. The molecule has 0 amide bonds. The molecule has 0 radical (unpaired) electrons. The Morgan fingerprint density at radius 3 is 3.20 bits per heavy atom. The highest BCUT2D eigenvalue weighted by molar-refractivity contribution is 5.93. The molecule has 0 aliphatic carbocycles. The van der Waals surface area contributed by atoms with Gasteiger partial charge >= 0.3 is 0 Å². The summed E-state index contributed by atoms with van der Waals surface area (Å²) in [5.41, 5.74) is 1.96. The molecule has 0 saturated heterocycles. The standard InChI is InChI=1S/C12H9N3/c1-3-9-10(13-6-1)5-8-14-11-4-2-7-15-12(9)11/h1-8,15H. The molecule has 0 aromatic carbocycles. The number of nitrogens with one attached hydrogen (secondary N) is 1. The highest BCUT2D eigenvalue weighted by Crippen LogP contribution is 2.12. The molecule has 0 saturated carbocycles. The van der Waals surface area contributed by atoms with Gasteiger partial charge in [-0.25, -0.2) is 0 Å². The lowest BCUT2D eigenvalue weighted by Crippen LogP contribution is -2.33. The average molecular weight is 195 g/mol. The van der Waals surface area contributed by atoms with E-state index in [0.717, 1.165) is 22.0 Å². The number of allylic oxidation sites excluding steroid dienone is 2. The third-order valence-electron chi connectivity index (χ3n) is 2.39. The van der Waals surface area contributed by atoms with Gasteiger partial charge in [0.25, 0.3) is 0 Å². The molecule has 3 heterocycles. The van der Waals surface area contributed by atoms with Gasteiger partial charge in [0.2, 0.25) is 0 Å². The molecule has 0 bridgehead atoms. The van der Waals surface area contributed by atoms with E-state index in [1.807, 2.05) is 36.6 Å². The van der Waals surface area contributed by atoms with Crippen LogP contribution in [0, 0.1) is 0 Å². The van der Waals surface area contributed by atoms with Gasteiger partial charge in [-0.3, -0.25) is 9.98 Å². The quantitative estimate of drug-likeness (QED) is 0.635. The number of rotatable bonds is 0. The van der Waals surface area contributed by atoms with Crippen molar-refractivity contribution in [2.45, 2.75) is 0 Å². The van der Waals surface area contributed by atoms with Crippen LogP contribution in [0.4, 0.5) is 0 Å². The van der Waals surface area contributed by atoms with Crippen molar-refractivity contribution in [3.8, 4) is 0 Å². The summed E-state index contributed by atoms with van der Waals surface area (Å²) in [6.07, 6.45) is 11.3. The first-order valence-corrected chi connectivity index (χ1v) is 4.78. The first-order valence-electron chi connectivity index (χ1n) is 4.78. The Hall–Kier alpha value is -2.16. The summed E-state index contributed by atoms with van der Waals surface area (Å²) in [5.74, 6) is 0. The topological polar surface area (TPSA) is 37.3 Å². The molecule has 1 aromatic rings. The lowest BCUT2D eigenvalue weighted by Gasteiger charge is -2.10. The Morgan fingerprint density at radius 1 is 1.20 bits per heavy atom. The van der Waals surface area contributed by atoms with Crippen molar-refractivity contribution in [1.82, 2.24) is 10.3 Å². The molecule has 0 unspecified atom stereocenters. The fourth-order valence-electron chi connectivity index (χ4n) is 1.70. The maximum atomic E-state index is 4.35. The lowest BCUT2D eigenvalue weighted by atomic mass is 10.2. The molecule has 0 spiro atoms. The minimum atomic E-state index is 0.945. The third kappa shape index (κ3) is 1.29. The van der Waals surface area contributed by atoms with Gasteiger partial charge in [-0.2, -0.15) is 0 Å². The summed E-state index contributed by atoms with van der Waals surface area (Å²) in [5, 5.41) is 5.25. The molecule has 3 nitrogen and oxygen atoms in total. The van der Waals surface area contributed by atoms with Crippen LogP contribution >= 0.6 is 0 Å². The molecule has 0 atom stereocenters. The van der Waals surface area contributed by atoms with E-state index in [1.54, 1.807) is 12.4 Å². The van der Waals surface area contributed by atoms with Gasteiger partial charge in [-0.15, -0.1) is 0 Å². The summed E-state index contributed by atoms with van der Waals surface area (Å²) in [4.78, 5) is 8.66. The van der Waals surface area contributed by atoms with Crippen molar-refractivity contribution in [1.29, 1.82) is 0 Å². The van der Waals surface area contributed by atoms with Crippen LogP contribution in [0.2, 0.25) is 0 Å². The maximum Gasteiger partial charge on any atom is 0.0871 e. The molecule has 1 N–H and O–H groups in total. The van der Waals surface area contributed by atoms with Crippen LogP contribution in [0.25, 0.3) is 11.8 Å². The van der Waals surface area contributed by atoms with Gasteiger partial charge in [0.15, 0.2) is 0 Å². The van der Waals surface area contributed by atoms with E-state index in [0.29, 0.717) is 0 Å². The number of aromatic nitrogens is 1. The Labute approximate surface area is 86.9 Å². The summed E-state index contributed by atoms with van der Waals surface area (Å²) in [7, 11) is 0. The van der Waals surface area contributed by atoms with Crippen LogP contribution < -0.4 is 15.9 Å². The van der Waals surface area contributed by atoms with E-state index in [9.17, 15) is 0 Å². The van der Waals surface area contributed by atoms with Crippen molar-refractivity contribution in [3.63, 3.8) is 0 Å². The second-order valence-electron chi connectivity index (χ2n) is 3.31. The van der Waals surface area contributed by atoms with Crippen molar-refractivity contribution in [3.05, 3.63) is 52.9 Å². The van der Waals surface area contributed by atoms with Crippen LogP contribution in [-0.2, 0) is 0 Å². The van der Waals surface area contributed by atoms with Gasteiger partial charge in [-0.05, 0) is 30.4 Å². The van der Waals surface area contributed by atoms with Gasteiger partial charge < -0.3 is 5.32 Å². The molecule has 15 heavy (non-hydrogen) atoms. The monoisotopic (exact) mass is 195 g/mol. The highest BCUT2D eigenvalue weighted by atomic mass is 14.9. The Bertz CT molecular complexity index is 606. The highest BCUT2D eigenvalue weighted by Gasteiger charge is 2.08. The summed E-state index contributed by atoms with van der Waals surface area (Å²) < 4.78 is 0. The van der Waals surface area contributed by atoms with Crippen molar-refractivity contribution in [2.75, 3.05) is 0 Å². The maximum absolute atomic E-state index is 4.35. The zero-order valence-corrected chi connectivity index (χ0v) is 8.01. The van der Waals surface area contributed by atoms with Gasteiger partial charge in [0.1, 0.15) is 0 Å². The zero-order valence-electron chi connectivity index (χ0n) is 8.01. The van der Waals surface area contributed by atoms with E-state index in [4.69, 9.17) is 0 Å². The molecule has 3 heteroatoms. The molecule has 0 fully saturated rings. The number of hydrogen-bond acceptors (Lipinski definition) is 3. The fourth-order valence-corrected chi connectivity index (χ4v) is 1.70. The summed E-state index contributed by atoms with van der Waals surface area (Å²) >= 11 is 0. The van der Waals surface area contributed by atoms with E-state index in [2.05, 4.69) is 15.3 Å².